The molecule has 34 heavy (non-hydrogen) atoms. The second-order valence-electron chi connectivity index (χ2n) is 10.4. The molecule has 1 saturated carbocycles. The molecule has 4 atom stereocenters. The van der Waals surface area contributed by atoms with Crippen LogP contribution in [-0.4, -0.2) is 51.3 Å². The number of unbranched alkanes of at least 4 members (excludes halogenated alkanes) is 1. The van der Waals surface area contributed by atoms with E-state index in [2.05, 4.69) is 16.0 Å². The van der Waals surface area contributed by atoms with Crippen LogP contribution in [0.25, 0.3) is 0 Å². The summed E-state index contributed by atoms with van der Waals surface area (Å²) in [5.41, 5.74) is 1.03. The van der Waals surface area contributed by atoms with E-state index < -0.39 is 0 Å². The minimum Gasteiger partial charge on any atom is -0.385 e. The quantitative estimate of drug-likeness (QED) is 0.355. The first-order valence-corrected chi connectivity index (χ1v) is 13.6. The van der Waals surface area contributed by atoms with Crippen LogP contribution in [0.1, 0.15) is 88.5 Å². The molecule has 0 radical (unpaired) electrons. The first kappa shape index (κ1) is 27.1. The molecule has 1 amide bonds. The van der Waals surface area contributed by atoms with Crippen molar-refractivity contribution in [3.05, 3.63) is 35.6 Å². The molecule has 1 saturated heterocycles. The molecule has 1 aromatic carbocycles. The Morgan fingerprint density at radius 1 is 1.15 bits per heavy atom. The maximum atomic E-state index is 14.0. The number of halogens is 1. The van der Waals surface area contributed by atoms with Crippen LogP contribution >= 0.6 is 0 Å². The second kappa shape index (κ2) is 14.8. The highest BCUT2D eigenvalue weighted by Gasteiger charge is 2.33. The molecule has 2 fully saturated rings. The van der Waals surface area contributed by atoms with E-state index in [0.29, 0.717) is 0 Å². The number of ether oxygens (including phenoxy) is 1. The summed E-state index contributed by atoms with van der Waals surface area (Å²) in [5.74, 6) is 0.850. The monoisotopic (exact) mass is 475 g/mol. The molecule has 192 valence electrons. The molecule has 1 heterocycles. The normalized spacial score (nSPS) is 23.4. The molecule has 3 N–H and O–H groups in total. The van der Waals surface area contributed by atoms with Gasteiger partial charge in [0.1, 0.15) is 5.82 Å². The van der Waals surface area contributed by atoms with E-state index in [0.717, 1.165) is 69.6 Å². The van der Waals surface area contributed by atoms with Crippen molar-refractivity contribution >= 4 is 5.91 Å². The number of piperidine rings is 1. The lowest BCUT2D eigenvalue weighted by Gasteiger charge is -2.37. The fraction of sp³-hybridized carbons (Fsp3) is 0.750. The second-order valence-corrected chi connectivity index (χ2v) is 10.4. The van der Waals surface area contributed by atoms with Gasteiger partial charge in [-0.1, -0.05) is 50.7 Å². The van der Waals surface area contributed by atoms with E-state index in [-0.39, 0.29) is 35.8 Å². The predicted molar refractivity (Wildman–Crippen MR) is 136 cm³/mol. The predicted octanol–water partition coefficient (Wildman–Crippen LogP) is 4.91. The van der Waals surface area contributed by atoms with Crippen molar-refractivity contribution in [3.8, 4) is 0 Å². The number of hydrogen-bond donors (Lipinski definition) is 3. The number of carbonyl (C=O) groups excluding carboxylic acids is 1. The summed E-state index contributed by atoms with van der Waals surface area (Å²) in [6.45, 7) is 1.55. The highest BCUT2D eigenvalue weighted by Crippen LogP contribution is 2.32. The number of amides is 1. The fourth-order valence-electron chi connectivity index (χ4n) is 6.01. The van der Waals surface area contributed by atoms with Gasteiger partial charge in [-0.2, -0.15) is 0 Å². The lowest BCUT2D eigenvalue weighted by molar-refractivity contribution is -0.124. The van der Waals surface area contributed by atoms with Crippen LogP contribution in [0.2, 0.25) is 0 Å². The molecule has 1 aliphatic heterocycles. The number of hydrogen-bond acceptors (Lipinski definition) is 4. The van der Waals surface area contributed by atoms with Crippen molar-refractivity contribution in [2.45, 2.75) is 101 Å². The zero-order valence-corrected chi connectivity index (χ0v) is 21.3. The maximum Gasteiger partial charge on any atom is 0.237 e. The van der Waals surface area contributed by atoms with Crippen molar-refractivity contribution in [2.24, 2.45) is 5.92 Å². The molecule has 2 aliphatic rings. The SMILES string of the molecule is CNC[C@H](CC1CCCCC1)NC(=O)C1CCC[C@@H]([C@@H](CCCCOC)c2cccc(F)c2)N1. The van der Waals surface area contributed by atoms with Crippen molar-refractivity contribution in [3.63, 3.8) is 0 Å². The van der Waals surface area contributed by atoms with Gasteiger partial charge in [0.2, 0.25) is 5.91 Å². The van der Waals surface area contributed by atoms with Crippen LogP contribution in [0.3, 0.4) is 0 Å². The molecule has 1 aromatic rings. The molecule has 1 unspecified atom stereocenters. The van der Waals surface area contributed by atoms with Gasteiger partial charge >= 0.3 is 0 Å². The smallest absolute Gasteiger partial charge is 0.237 e. The first-order valence-electron chi connectivity index (χ1n) is 13.6. The summed E-state index contributed by atoms with van der Waals surface area (Å²) in [5, 5.41) is 10.3. The minimum absolute atomic E-state index is 0.123. The molecular weight excluding hydrogens is 429 g/mol. The third-order valence-corrected chi connectivity index (χ3v) is 7.76. The van der Waals surface area contributed by atoms with Gasteiger partial charge in [0, 0.05) is 32.3 Å². The Labute approximate surface area is 206 Å². The minimum atomic E-state index is -0.192. The Morgan fingerprint density at radius 3 is 2.71 bits per heavy atom. The first-order chi connectivity index (χ1) is 16.6. The van der Waals surface area contributed by atoms with E-state index in [1.165, 1.54) is 38.2 Å². The van der Waals surface area contributed by atoms with Crippen LogP contribution in [0, 0.1) is 11.7 Å². The number of likely N-dealkylation sites (N-methyl/N-ethyl adjacent to an activating group) is 1. The number of benzene rings is 1. The topological polar surface area (TPSA) is 62.4 Å². The largest absolute Gasteiger partial charge is 0.385 e. The van der Waals surface area contributed by atoms with Gasteiger partial charge in [-0.05, 0) is 75.1 Å². The van der Waals surface area contributed by atoms with Crippen molar-refractivity contribution in [1.82, 2.24) is 16.0 Å². The van der Waals surface area contributed by atoms with Crippen molar-refractivity contribution in [2.75, 3.05) is 27.3 Å². The summed E-state index contributed by atoms with van der Waals surface area (Å²) >= 11 is 0. The molecule has 5 nitrogen and oxygen atoms in total. The highest BCUT2D eigenvalue weighted by molar-refractivity contribution is 5.82. The van der Waals surface area contributed by atoms with Gasteiger partial charge in [-0.15, -0.1) is 0 Å². The Balaban J connectivity index is 1.62. The van der Waals surface area contributed by atoms with Gasteiger partial charge in [-0.25, -0.2) is 4.39 Å². The molecule has 6 heteroatoms. The molecule has 0 aromatic heterocycles. The molecule has 1 aliphatic carbocycles. The fourth-order valence-corrected chi connectivity index (χ4v) is 6.01. The summed E-state index contributed by atoms with van der Waals surface area (Å²) in [6.07, 6.45) is 13.5. The average molecular weight is 476 g/mol. The van der Waals surface area contributed by atoms with Gasteiger partial charge in [0.05, 0.1) is 6.04 Å². The zero-order chi connectivity index (χ0) is 24.2. The Hall–Kier alpha value is -1.50. The number of methoxy groups -OCH3 is 1. The van der Waals surface area contributed by atoms with E-state index in [1.54, 1.807) is 19.2 Å². The van der Waals surface area contributed by atoms with Crippen LogP contribution in [0.5, 0.6) is 0 Å². The maximum absolute atomic E-state index is 14.0. The lowest BCUT2D eigenvalue weighted by atomic mass is 9.81. The summed E-state index contributed by atoms with van der Waals surface area (Å²) < 4.78 is 19.3. The van der Waals surface area contributed by atoms with Crippen LogP contribution in [0.4, 0.5) is 4.39 Å². The Kier molecular flexibility index (Phi) is 11.8. The molecule has 3 rings (SSSR count). The van der Waals surface area contributed by atoms with E-state index in [1.807, 2.05) is 13.1 Å². The summed E-state index contributed by atoms with van der Waals surface area (Å²) in [7, 11) is 3.69. The van der Waals surface area contributed by atoms with Gasteiger partial charge in [0.15, 0.2) is 0 Å². The molecule has 0 spiro atoms. The lowest BCUT2D eigenvalue weighted by Crippen LogP contribution is -2.55. The number of rotatable bonds is 13. The standard InChI is InChI=1S/C28H46FN3O2/c1-30-20-24(18-21-10-4-3-5-11-21)31-28(33)27-16-9-15-26(32-27)25(14-6-7-17-34-2)22-12-8-13-23(29)19-22/h8,12-13,19,21,24-27,30,32H,3-7,9-11,14-18,20H2,1-2H3,(H,31,33)/t24-,25-,26-,27?/m0/s1. The van der Waals surface area contributed by atoms with Crippen LogP contribution in [-0.2, 0) is 9.53 Å². The van der Waals surface area contributed by atoms with Crippen LogP contribution < -0.4 is 16.0 Å². The average Bonchev–Trinajstić information content (AvgIpc) is 2.85. The highest BCUT2D eigenvalue weighted by atomic mass is 19.1. The van der Waals surface area contributed by atoms with Gasteiger partial charge in [0.25, 0.3) is 0 Å². The third-order valence-electron chi connectivity index (χ3n) is 7.76. The van der Waals surface area contributed by atoms with Crippen molar-refractivity contribution in [1.29, 1.82) is 0 Å². The number of carbonyl (C=O) groups is 1. The molecule has 0 bridgehead atoms. The third kappa shape index (κ3) is 8.62. The number of nitrogens with one attached hydrogen (secondary N) is 3. The van der Waals surface area contributed by atoms with E-state index in [4.69, 9.17) is 4.74 Å². The van der Waals surface area contributed by atoms with E-state index >= 15 is 0 Å². The summed E-state index contributed by atoms with van der Waals surface area (Å²) in [4.78, 5) is 13.3. The van der Waals surface area contributed by atoms with E-state index in [9.17, 15) is 9.18 Å². The Morgan fingerprint density at radius 2 is 1.97 bits per heavy atom. The zero-order valence-electron chi connectivity index (χ0n) is 21.3. The van der Waals surface area contributed by atoms with Gasteiger partial charge in [-0.3, -0.25) is 4.79 Å². The summed E-state index contributed by atoms with van der Waals surface area (Å²) in [6, 6.07) is 7.17. The van der Waals surface area contributed by atoms with Crippen molar-refractivity contribution < 1.29 is 13.9 Å². The molecular formula is C28H46FN3O2. The Bertz CT molecular complexity index is 725. The van der Waals surface area contributed by atoms with Crippen LogP contribution in [0.15, 0.2) is 24.3 Å². The van der Waals surface area contributed by atoms with Gasteiger partial charge < -0.3 is 20.7 Å².